The van der Waals surface area contributed by atoms with E-state index in [0.29, 0.717) is 5.69 Å². The number of hydrogen-bond donors (Lipinski definition) is 0. The van der Waals surface area contributed by atoms with Crippen LogP contribution in [0, 0.1) is 42.8 Å². The Balaban J connectivity index is 2.45. The fourth-order valence-electron chi connectivity index (χ4n) is 2.32. The zero-order chi connectivity index (χ0) is 18.4. The van der Waals surface area contributed by atoms with Gasteiger partial charge in [-0.25, -0.2) is 9.07 Å². The maximum absolute atomic E-state index is 13.7. The molecule has 0 aliphatic heterocycles. The van der Waals surface area contributed by atoms with Crippen molar-refractivity contribution >= 4 is 0 Å². The van der Waals surface area contributed by atoms with Gasteiger partial charge < -0.3 is 0 Å². The molecule has 0 saturated heterocycles. The van der Waals surface area contributed by atoms with Gasteiger partial charge in [0.05, 0.1) is 34.3 Å². The Hall–Kier alpha value is -3.37. The van der Waals surface area contributed by atoms with Gasteiger partial charge in [-0.3, -0.25) is 0 Å². The minimum Gasteiger partial charge on any atom is -0.236 e. The lowest BCUT2D eigenvalue weighted by molar-refractivity contribution is 0.624. The van der Waals surface area contributed by atoms with Gasteiger partial charge in [0.25, 0.3) is 0 Å². The molecular formula is C21H18FN3. The number of aromatic nitrogens is 2. The highest BCUT2D eigenvalue weighted by Gasteiger charge is 2.12. The highest BCUT2D eigenvalue weighted by atomic mass is 19.1. The molecule has 2 rings (SSSR count). The van der Waals surface area contributed by atoms with Crippen molar-refractivity contribution in [3.63, 3.8) is 0 Å². The van der Waals surface area contributed by atoms with Gasteiger partial charge in [0.15, 0.2) is 0 Å². The lowest BCUT2D eigenvalue weighted by Gasteiger charge is -2.05. The van der Waals surface area contributed by atoms with Crippen LogP contribution in [-0.2, 0) is 0 Å². The number of benzene rings is 1. The molecule has 0 amide bonds. The van der Waals surface area contributed by atoms with E-state index in [9.17, 15) is 4.39 Å². The number of nitriles is 1. The molecule has 0 aliphatic carbocycles. The first kappa shape index (κ1) is 18.0. The predicted octanol–water partition coefficient (Wildman–Crippen LogP) is 4.54. The molecule has 4 heteroatoms. The molecule has 0 radical (unpaired) electrons. The fraction of sp³-hybridized carbons (Fsp3) is 0.143. The summed E-state index contributed by atoms with van der Waals surface area (Å²) in [6.07, 6.45) is 7.30. The monoisotopic (exact) mass is 331 g/mol. The quantitative estimate of drug-likeness (QED) is 0.612. The summed E-state index contributed by atoms with van der Waals surface area (Å²) in [7, 11) is 0. The van der Waals surface area contributed by atoms with Gasteiger partial charge in [-0.15, -0.1) is 0 Å². The smallest absolute Gasteiger partial charge is 0.126 e. The first-order chi connectivity index (χ1) is 12.0. The van der Waals surface area contributed by atoms with Crippen molar-refractivity contribution in [2.24, 2.45) is 0 Å². The topological polar surface area (TPSA) is 41.6 Å². The van der Waals surface area contributed by atoms with Gasteiger partial charge in [0.1, 0.15) is 5.82 Å². The maximum Gasteiger partial charge on any atom is 0.126 e. The molecule has 0 fully saturated rings. The first-order valence-electron chi connectivity index (χ1n) is 7.71. The van der Waals surface area contributed by atoms with Crippen LogP contribution in [0.3, 0.4) is 0 Å². The molecule has 0 saturated carbocycles. The van der Waals surface area contributed by atoms with E-state index in [1.807, 2.05) is 45.1 Å². The van der Waals surface area contributed by atoms with Crippen LogP contribution in [-0.4, -0.2) is 9.78 Å². The van der Waals surface area contributed by atoms with Crippen molar-refractivity contribution in [2.75, 3.05) is 0 Å². The summed E-state index contributed by atoms with van der Waals surface area (Å²) < 4.78 is 15.3. The molecule has 0 atom stereocenters. The van der Waals surface area contributed by atoms with Gasteiger partial charge in [-0.1, -0.05) is 42.7 Å². The third kappa shape index (κ3) is 4.34. The third-order valence-electron chi connectivity index (χ3n) is 3.53. The molecule has 124 valence electrons. The molecular weight excluding hydrogens is 313 g/mol. The first-order valence-corrected chi connectivity index (χ1v) is 7.71. The zero-order valence-corrected chi connectivity index (χ0v) is 14.5. The molecule has 1 heterocycles. The Morgan fingerprint density at radius 1 is 1.28 bits per heavy atom. The lowest BCUT2D eigenvalue weighted by atomic mass is 10.1. The van der Waals surface area contributed by atoms with Gasteiger partial charge in [-0.2, -0.15) is 10.4 Å². The van der Waals surface area contributed by atoms with E-state index >= 15 is 0 Å². The predicted molar refractivity (Wildman–Crippen MR) is 97.7 cm³/mol. The largest absolute Gasteiger partial charge is 0.236 e. The Morgan fingerprint density at radius 3 is 2.72 bits per heavy atom. The number of allylic oxidation sites excluding steroid dienone is 5. The van der Waals surface area contributed by atoms with Crippen molar-refractivity contribution in [1.29, 1.82) is 5.26 Å². The molecule has 3 nitrogen and oxygen atoms in total. The van der Waals surface area contributed by atoms with E-state index in [1.165, 1.54) is 12.1 Å². The van der Waals surface area contributed by atoms with Gasteiger partial charge in [0, 0.05) is 0 Å². The van der Waals surface area contributed by atoms with Gasteiger partial charge >= 0.3 is 0 Å². The fourth-order valence-corrected chi connectivity index (χ4v) is 2.32. The molecule has 1 aromatic carbocycles. The van der Waals surface area contributed by atoms with E-state index in [2.05, 4.69) is 23.5 Å². The SMILES string of the molecule is C=C/C=C\C=C(/C)C#Cc1c(C)nn(-c2cc(F)cc(C#N)c2)c1C. The zero-order valence-electron chi connectivity index (χ0n) is 14.5. The maximum atomic E-state index is 13.7. The number of nitrogens with zero attached hydrogens (tertiary/aromatic N) is 3. The van der Waals surface area contributed by atoms with Crippen LogP contribution in [0.25, 0.3) is 5.69 Å². The van der Waals surface area contributed by atoms with Crippen molar-refractivity contribution in [3.8, 4) is 23.6 Å². The van der Waals surface area contributed by atoms with Crippen molar-refractivity contribution in [1.82, 2.24) is 9.78 Å². The van der Waals surface area contributed by atoms with Crippen LogP contribution >= 0.6 is 0 Å². The lowest BCUT2D eigenvalue weighted by Crippen LogP contribution is -2.00. The third-order valence-corrected chi connectivity index (χ3v) is 3.53. The highest BCUT2D eigenvalue weighted by Crippen LogP contribution is 2.19. The summed E-state index contributed by atoms with van der Waals surface area (Å²) >= 11 is 0. The van der Waals surface area contributed by atoms with E-state index < -0.39 is 5.82 Å². The van der Waals surface area contributed by atoms with Crippen LogP contribution in [0.1, 0.15) is 29.4 Å². The summed E-state index contributed by atoms with van der Waals surface area (Å²) in [6.45, 7) is 9.26. The average Bonchev–Trinajstić information content (AvgIpc) is 2.87. The number of rotatable bonds is 3. The number of halogens is 1. The molecule has 25 heavy (non-hydrogen) atoms. The minimum atomic E-state index is -0.470. The molecule has 0 bridgehead atoms. The summed E-state index contributed by atoms with van der Waals surface area (Å²) in [4.78, 5) is 0. The van der Waals surface area contributed by atoms with Crippen LogP contribution < -0.4 is 0 Å². The standard InChI is InChI=1S/C21H18FN3/c1-5-6-7-8-15(2)9-10-21-16(3)24-25(17(21)4)20-12-18(14-23)11-19(22)13-20/h5-8,11-13H,1H2,2-4H3/b7-6-,15-8+. The van der Waals surface area contributed by atoms with Gasteiger partial charge in [-0.05, 0) is 44.5 Å². The van der Waals surface area contributed by atoms with E-state index in [1.54, 1.807) is 16.8 Å². The molecule has 0 N–H and O–H groups in total. The summed E-state index contributed by atoms with van der Waals surface area (Å²) in [5.74, 6) is 5.73. The van der Waals surface area contributed by atoms with Crippen LogP contribution in [0.5, 0.6) is 0 Å². The molecule has 2 aromatic rings. The second-order valence-electron chi connectivity index (χ2n) is 5.49. The Kier molecular flexibility index (Phi) is 5.71. The second kappa shape index (κ2) is 7.95. The van der Waals surface area contributed by atoms with Crippen LogP contribution in [0.4, 0.5) is 4.39 Å². The molecule has 0 spiro atoms. The molecule has 1 aromatic heterocycles. The van der Waals surface area contributed by atoms with Crippen molar-refractivity contribution in [3.05, 3.63) is 83.0 Å². The Labute approximate surface area is 147 Å². The highest BCUT2D eigenvalue weighted by molar-refractivity contribution is 5.50. The summed E-state index contributed by atoms with van der Waals surface area (Å²) in [6, 6.07) is 6.10. The molecule has 0 unspecified atom stereocenters. The van der Waals surface area contributed by atoms with Crippen LogP contribution in [0.2, 0.25) is 0 Å². The van der Waals surface area contributed by atoms with E-state index in [-0.39, 0.29) is 5.56 Å². The second-order valence-corrected chi connectivity index (χ2v) is 5.49. The van der Waals surface area contributed by atoms with Crippen molar-refractivity contribution < 1.29 is 4.39 Å². The van der Waals surface area contributed by atoms with E-state index in [4.69, 9.17) is 5.26 Å². The number of aryl methyl sites for hydroxylation is 1. The molecule has 0 aliphatic rings. The average molecular weight is 331 g/mol. The summed E-state index contributed by atoms with van der Waals surface area (Å²) in [5, 5.41) is 13.5. The minimum absolute atomic E-state index is 0.253. The Bertz CT molecular complexity index is 973. The van der Waals surface area contributed by atoms with Gasteiger partial charge in [0.2, 0.25) is 0 Å². The Morgan fingerprint density at radius 2 is 2.04 bits per heavy atom. The number of hydrogen-bond acceptors (Lipinski definition) is 2. The van der Waals surface area contributed by atoms with E-state index in [0.717, 1.165) is 22.5 Å². The van der Waals surface area contributed by atoms with Crippen molar-refractivity contribution in [2.45, 2.75) is 20.8 Å². The van der Waals surface area contributed by atoms with Crippen LogP contribution in [0.15, 0.2) is 54.7 Å². The normalized spacial score (nSPS) is 11.1. The summed E-state index contributed by atoms with van der Waals surface area (Å²) in [5.41, 5.74) is 4.01.